The van der Waals surface area contributed by atoms with Gasteiger partial charge in [-0.1, -0.05) is 12.1 Å². The summed E-state index contributed by atoms with van der Waals surface area (Å²) in [6, 6.07) is 5.80. The Morgan fingerprint density at radius 3 is 2.80 bits per heavy atom. The minimum Gasteiger partial charge on any atom is -0.490 e. The molecule has 0 fully saturated rings. The predicted octanol–water partition coefficient (Wildman–Crippen LogP) is 0.487. The maximum atomic E-state index is 10.9. The van der Waals surface area contributed by atoms with Crippen LogP contribution in [0.4, 0.5) is 0 Å². The van der Waals surface area contributed by atoms with Gasteiger partial charge in [0.2, 0.25) is 10.0 Å². The van der Waals surface area contributed by atoms with Crippen molar-refractivity contribution in [1.29, 1.82) is 0 Å². The summed E-state index contributed by atoms with van der Waals surface area (Å²) < 4.78 is 35.6. The summed E-state index contributed by atoms with van der Waals surface area (Å²) in [7, 11) is -3.12. The molecule has 1 aromatic carbocycles. The van der Waals surface area contributed by atoms with Gasteiger partial charge in [-0.15, -0.1) is 0 Å². The smallest absolute Gasteiger partial charge is 0.208 e. The van der Waals surface area contributed by atoms with E-state index in [-0.39, 0.29) is 0 Å². The monoisotopic (exact) mass is 300 g/mol. The molecular formula is C13H20N2O4S. The first-order chi connectivity index (χ1) is 9.56. The maximum Gasteiger partial charge on any atom is 0.208 e. The van der Waals surface area contributed by atoms with E-state index in [0.717, 1.165) is 29.7 Å². The van der Waals surface area contributed by atoms with Crippen molar-refractivity contribution in [3.8, 4) is 11.5 Å². The van der Waals surface area contributed by atoms with Crippen LogP contribution in [-0.4, -0.2) is 41.0 Å². The van der Waals surface area contributed by atoms with Crippen LogP contribution >= 0.6 is 0 Å². The highest BCUT2D eigenvalue weighted by Crippen LogP contribution is 2.32. The molecule has 0 aromatic heterocycles. The van der Waals surface area contributed by atoms with Crippen LogP contribution in [0, 0.1) is 0 Å². The van der Waals surface area contributed by atoms with Crippen LogP contribution in [0.15, 0.2) is 18.2 Å². The molecule has 1 heterocycles. The maximum absolute atomic E-state index is 10.9. The number of rotatable bonds is 6. The van der Waals surface area contributed by atoms with Gasteiger partial charge in [0.1, 0.15) is 0 Å². The summed E-state index contributed by atoms with van der Waals surface area (Å²) in [5, 5.41) is 3.18. The number of benzene rings is 1. The minimum atomic E-state index is -3.12. The lowest BCUT2D eigenvalue weighted by atomic mass is 10.2. The molecule has 7 heteroatoms. The lowest BCUT2D eigenvalue weighted by molar-refractivity contribution is 0.296. The summed E-state index contributed by atoms with van der Waals surface area (Å²) in [4.78, 5) is 0. The van der Waals surface area contributed by atoms with Crippen molar-refractivity contribution >= 4 is 10.0 Å². The number of ether oxygens (including phenoxy) is 2. The fourth-order valence-electron chi connectivity index (χ4n) is 1.94. The van der Waals surface area contributed by atoms with Crippen molar-refractivity contribution in [2.75, 3.05) is 32.6 Å². The number of hydrogen-bond donors (Lipinski definition) is 2. The summed E-state index contributed by atoms with van der Waals surface area (Å²) >= 11 is 0. The molecule has 112 valence electrons. The van der Waals surface area contributed by atoms with Gasteiger partial charge in [-0.05, 0) is 6.07 Å². The molecule has 0 spiro atoms. The Hall–Kier alpha value is -1.31. The molecule has 1 aromatic rings. The highest BCUT2D eigenvalue weighted by atomic mass is 32.2. The lowest BCUT2D eigenvalue weighted by Gasteiger charge is -2.13. The van der Waals surface area contributed by atoms with Gasteiger partial charge in [0.15, 0.2) is 11.5 Å². The summed E-state index contributed by atoms with van der Waals surface area (Å²) in [6.45, 7) is 2.85. The second-order valence-corrected chi connectivity index (χ2v) is 6.47. The summed E-state index contributed by atoms with van der Waals surface area (Å²) in [5.41, 5.74) is 1.02. The van der Waals surface area contributed by atoms with Crippen LogP contribution < -0.4 is 19.5 Å². The molecule has 20 heavy (non-hydrogen) atoms. The van der Waals surface area contributed by atoms with Crippen molar-refractivity contribution < 1.29 is 17.9 Å². The van der Waals surface area contributed by atoms with Gasteiger partial charge < -0.3 is 14.8 Å². The van der Waals surface area contributed by atoms with E-state index < -0.39 is 10.0 Å². The Kier molecular flexibility index (Phi) is 5.22. The van der Waals surface area contributed by atoms with Crippen LogP contribution in [0.25, 0.3) is 0 Å². The molecule has 1 aliphatic rings. The number of nitrogens with one attached hydrogen (secondary N) is 2. The van der Waals surface area contributed by atoms with E-state index in [4.69, 9.17) is 9.47 Å². The van der Waals surface area contributed by atoms with Crippen molar-refractivity contribution in [2.24, 2.45) is 0 Å². The minimum absolute atomic E-state index is 0.366. The number of hydrogen-bond acceptors (Lipinski definition) is 5. The summed E-state index contributed by atoms with van der Waals surface area (Å²) in [6.07, 6.45) is 2.02. The first-order valence-electron chi connectivity index (χ1n) is 6.59. The molecule has 0 radical (unpaired) electrons. The van der Waals surface area contributed by atoms with Gasteiger partial charge in [-0.25, -0.2) is 13.1 Å². The first kappa shape index (κ1) is 15.1. The molecule has 0 aliphatic carbocycles. The quantitative estimate of drug-likeness (QED) is 0.748. The zero-order valence-electron chi connectivity index (χ0n) is 11.5. The van der Waals surface area contributed by atoms with E-state index in [9.17, 15) is 8.42 Å². The molecule has 1 aliphatic heterocycles. The third-order valence-electron chi connectivity index (χ3n) is 2.83. The van der Waals surface area contributed by atoms with Crippen LogP contribution in [0.2, 0.25) is 0 Å². The van der Waals surface area contributed by atoms with Crippen LogP contribution in [0.3, 0.4) is 0 Å². The fourth-order valence-corrected chi connectivity index (χ4v) is 2.41. The highest BCUT2D eigenvalue weighted by Gasteiger charge is 2.13. The third kappa shape index (κ3) is 4.66. The average Bonchev–Trinajstić information content (AvgIpc) is 2.62. The second kappa shape index (κ2) is 6.92. The molecule has 0 unspecified atom stereocenters. The Labute approximate surface area is 119 Å². The van der Waals surface area contributed by atoms with Gasteiger partial charge >= 0.3 is 0 Å². The average molecular weight is 300 g/mol. The molecule has 2 N–H and O–H groups in total. The molecule has 0 saturated heterocycles. The van der Waals surface area contributed by atoms with E-state index in [1.165, 1.54) is 0 Å². The predicted molar refractivity (Wildman–Crippen MR) is 76.6 cm³/mol. The van der Waals surface area contributed by atoms with Crippen LogP contribution in [-0.2, 0) is 16.6 Å². The number of fused-ring (bicyclic) bond motifs is 1. The van der Waals surface area contributed by atoms with E-state index in [1.54, 1.807) is 0 Å². The Morgan fingerprint density at radius 1 is 1.20 bits per heavy atom. The first-order valence-corrected chi connectivity index (χ1v) is 8.48. The van der Waals surface area contributed by atoms with E-state index in [1.807, 2.05) is 18.2 Å². The van der Waals surface area contributed by atoms with E-state index >= 15 is 0 Å². The SMILES string of the molecule is CS(=O)(=O)NCCNCc1cccc2c1OCCCO2. The number of para-hydroxylation sites is 1. The zero-order valence-corrected chi connectivity index (χ0v) is 12.3. The van der Waals surface area contributed by atoms with Gasteiger partial charge in [-0.3, -0.25) is 0 Å². The Morgan fingerprint density at radius 2 is 2.00 bits per heavy atom. The topological polar surface area (TPSA) is 76.7 Å². The number of sulfonamides is 1. The van der Waals surface area contributed by atoms with E-state index in [0.29, 0.717) is 32.8 Å². The van der Waals surface area contributed by atoms with Gasteiger partial charge in [0, 0.05) is 31.6 Å². The molecule has 0 amide bonds. The Bertz CT molecular complexity index is 545. The molecule has 6 nitrogen and oxygen atoms in total. The third-order valence-corrected chi connectivity index (χ3v) is 3.56. The molecule has 2 rings (SSSR count). The highest BCUT2D eigenvalue weighted by molar-refractivity contribution is 7.88. The van der Waals surface area contributed by atoms with Crippen LogP contribution in [0.1, 0.15) is 12.0 Å². The standard InChI is InChI=1S/C13H20N2O4S/c1-20(16,17)15-7-6-14-10-11-4-2-5-12-13(11)19-9-3-8-18-12/h2,4-5,14-15H,3,6-10H2,1H3. The Balaban J connectivity index is 1.87. The van der Waals surface area contributed by atoms with Crippen molar-refractivity contribution in [1.82, 2.24) is 10.0 Å². The van der Waals surface area contributed by atoms with Crippen molar-refractivity contribution in [3.63, 3.8) is 0 Å². The largest absolute Gasteiger partial charge is 0.490 e. The van der Waals surface area contributed by atoms with Crippen molar-refractivity contribution in [3.05, 3.63) is 23.8 Å². The second-order valence-electron chi connectivity index (χ2n) is 4.64. The fraction of sp³-hybridized carbons (Fsp3) is 0.538. The molecular weight excluding hydrogens is 280 g/mol. The normalized spacial score (nSPS) is 14.8. The van der Waals surface area contributed by atoms with Crippen molar-refractivity contribution in [2.45, 2.75) is 13.0 Å². The van der Waals surface area contributed by atoms with Gasteiger partial charge in [0.25, 0.3) is 0 Å². The zero-order chi connectivity index (χ0) is 14.4. The van der Waals surface area contributed by atoms with E-state index in [2.05, 4.69) is 10.0 Å². The van der Waals surface area contributed by atoms with Crippen LogP contribution in [0.5, 0.6) is 11.5 Å². The molecule has 0 bridgehead atoms. The lowest BCUT2D eigenvalue weighted by Crippen LogP contribution is -2.30. The summed E-state index contributed by atoms with van der Waals surface area (Å²) in [5.74, 6) is 1.56. The van der Waals surface area contributed by atoms with Gasteiger partial charge in [-0.2, -0.15) is 0 Å². The molecule has 0 saturated carbocycles. The van der Waals surface area contributed by atoms with Gasteiger partial charge in [0.05, 0.1) is 19.5 Å². The molecule has 0 atom stereocenters.